The molecule has 4 nitrogen and oxygen atoms in total. The summed E-state index contributed by atoms with van der Waals surface area (Å²) in [5.74, 6) is -1.04. The molecule has 0 fully saturated rings. The van der Waals surface area contributed by atoms with Gasteiger partial charge in [0.25, 0.3) is 0 Å². The van der Waals surface area contributed by atoms with Crippen molar-refractivity contribution >= 4 is 44.8 Å². The fraction of sp³-hybridized carbons (Fsp3) is 0.231. The van der Waals surface area contributed by atoms with Crippen molar-refractivity contribution in [2.45, 2.75) is 19.7 Å². The number of ether oxygens (including phenoxy) is 1. The lowest BCUT2D eigenvalue weighted by molar-refractivity contribution is 0.451. The van der Waals surface area contributed by atoms with Gasteiger partial charge >= 0.3 is 0 Å². The molecule has 0 bridgehead atoms. The van der Waals surface area contributed by atoms with Gasteiger partial charge in [-0.1, -0.05) is 37.0 Å². The van der Waals surface area contributed by atoms with Crippen LogP contribution in [-0.2, 0) is 0 Å². The average molecular weight is 381 g/mol. The number of benzene rings is 1. The third-order valence-electron chi connectivity index (χ3n) is 2.34. The van der Waals surface area contributed by atoms with E-state index in [0.717, 1.165) is 0 Å². The van der Waals surface area contributed by atoms with Crippen molar-refractivity contribution in [1.29, 1.82) is 0 Å². The molecule has 2 aromatic rings. The highest BCUT2D eigenvalue weighted by atomic mass is 79.9. The largest absolute Gasteiger partial charge is 0.435 e. The molecule has 0 radical (unpaired) electrons. The second-order valence-electron chi connectivity index (χ2n) is 3.97. The maximum Gasteiger partial charge on any atom is 0.239 e. The molecule has 0 saturated heterocycles. The second-order valence-corrected chi connectivity index (χ2v) is 5.59. The Labute approximate surface area is 141 Å². The number of halogens is 3. The van der Waals surface area contributed by atoms with Gasteiger partial charge in [0.05, 0.1) is 10.9 Å². The molecule has 0 aliphatic carbocycles. The summed E-state index contributed by atoms with van der Waals surface area (Å²) in [6.07, 6.45) is 0. The maximum absolute atomic E-state index is 8.19. The Morgan fingerprint density at radius 1 is 1.45 bits per heavy atom. The van der Waals surface area contributed by atoms with Crippen molar-refractivity contribution in [2.24, 2.45) is 0 Å². The highest BCUT2D eigenvalue weighted by molar-refractivity contribution is 9.10. The van der Waals surface area contributed by atoms with Gasteiger partial charge in [0.1, 0.15) is 0 Å². The molecule has 2 rings (SSSR count). The maximum atomic E-state index is 8.19. The summed E-state index contributed by atoms with van der Waals surface area (Å²) < 4.78 is 36.7. The van der Waals surface area contributed by atoms with Crippen LogP contribution in [0.2, 0.25) is 10.2 Å². The van der Waals surface area contributed by atoms with Crippen molar-refractivity contribution in [3.05, 3.63) is 38.4 Å². The molecule has 7 heteroatoms. The molecular weight excluding hydrogens is 365 g/mol. The third kappa shape index (κ3) is 3.34. The zero-order chi connectivity index (χ0) is 18.2. The lowest BCUT2D eigenvalue weighted by Crippen LogP contribution is -1.98. The van der Waals surface area contributed by atoms with E-state index in [1.807, 2.05) is 0 Å². The number of rotatable bonds is 3. The first-order valence-electron chi connectivity index (χ1n) is 7.47. The van der Waals surface area contributed by atoms with Crippen LogP contribution >= 0.6 is 39.1 Å². The quantitative estimate of drug-likeness (QED) is 0.757. The van der Waals surface area contributed by atoms with Crippen LogP contribution in [-0.4, -0.2) is 10.2 Å². The van der Waals surface area contributed by atoms with Crippen LogP contribution in [0, 0.1) is 0 Å². The van der Waals surface area contributed by atoms with Crippen LogP contribution in [0.4, 0.5) is 5.69 Å². The topological polar surface area (TPSA) is 61.0 Å². The van der Waals surface area contributed by atoms with Gasteiger partial charge in [-0.2, -0.15) is 0 Å². The van der Waals surface area contributed by atoms with Crippen molar-refractivity contribution in [1.82, 2.24) is 10.2 Å². The normalized spacial score (nSPS) is 15.8. The molecule has 2 N–H and O–H groups in total. The van der Waals surface area contributed by atoms with Gasteiger partial charge in [-0.25, -0.2) is 0 Å². The molecule has 106 valence electrons. The van der Waals surface area contributed by atoms with E-state index in [1.54, 1.807) is 6.07 Å². The molecule has 0 spiro atoms. The first-order chi connectivity index (χ1) is 11.0. The fourth-order valence-electron chi connectivity index (χ4n) is 1.44. The van der Waals surface area contributed by atoms with Gasteiger partial charge in [-0.05, 0) is 39.5 Å². The molecule has 1 unspecified atom stereocenters. The Hall–Kier alpha value is -1.04. The third-order valence-corrected chi connectivity index (χ3v) is 3.49. The second kappa shape index (κ2) is 6.16. The van der Waals surface area contributed by atoms with E-state index in [2.05, 4.69) is 26.1 Å². The van der Waals surface area contributed by atoms with Gasteiger partial charge in [-0.3, -0.25) is 0 Å². The summed E-state index contributed by atoms with van der Waals surface area (Å²) >= 11 is 15.3. The highest BCUT2D eigenvalue weighted by Crippen LogP contribution is 2.38. The zero-order valence-corrected chi connectivity index (χ0v) is 13.3. The van der Waals surface area contributed by atoms with E-state index in [-0.39, 0.29) is 33.4 Å². The molecular formula is C13H12BrCl2N3O. The average Bonchev–Trinajstić information content (AvgIpc) is 2.43. The number of nitrogens with zero attached hydrogens (tertiary/aromatic N) is 2. The summed E-state index contributed by atoms with van der Waals surface area (Å²) in [5, 5.41) is 7.45. The Morgan fingerprint density at radius 2 is 2.20 bits per heavy atom. The molecule has 0 saturated carbocycles. The number of nitrogens with two attached hydrogens (primary N) is 1. The van der Waals surface area contributed by atoms with E-state index < -0.39 is 12.8 Å². The van der Waals surface area contributed by atoms with Gasteiger partial charge in [0.15, 0.2) is 10.9 Å². The van der Waals surface area contributed by atoms with Crippen LogP contribution in [0.3, 0.4) is 0 Å². The Kier molecular flexibility index (Phi) is 3.28. The van der Waals surface area contributed by atoms with Gasteiger partial charge in [0, 0.05) is 15.8 Å². The summed E-state index contributed by atoms with van der Waals surface area (Å²) in [6.45, 7) is -0.914. The molecule has 0 amide bonds. The first kappa shape index (κ1) is 10.7. The predicted octanol–water partition coefficient (Wildman–Crippen LogP) is 5.04. The smallest absolute Gasteiger partial charge is 0.239 e. The zero-order valence-electron chi connectivity index (χ0n) is 14.2. The molecule has 1 heterocycles. The van der Waals surface area contributed by atoms with Gasteiger partial charge in [-0.15, -0.1) is 10.2 Å². The van der Waals surface area contributed by atoms with E-state index in [4.69, 9.17) is 39.2 Å². The van der Waals surface area contributed by atoms with Crippen molar-refractivity contribution in [3.63, 3.8) is 0 Å². The van der Waals surface area contributed by atoms with Crippen LogP contribution in [0.5, 0.6) is 11.6 Å². The number of aromatic nitrogens is 2. The Bertz CT molecular complexity index is 766. The van der Waals surface area contributed by atoms with Crippen LogP contribution in [0.25, 0.3) is 0 Å². The minimum absolute atomic E-state index is 0.0318. The number of anilines is 1. The number of nitrogen functional groups attached to an aromatic ring is 1. The van der Waals surface area contributed by atoms with Crippen molar-refractivity contribution in [3.8, 4) is 11.6 Å². The van der Waals surface area contributed by atoms with E-state index >= 15 is 0 Å². The molecule has 0 aliphatic rings. The molecule has 0 aliphatic heterocycles. The standard InChI is InChI=1S/C13H12BrCl2N3O/c1-6(2)8-5-11(18-19-13(8)16)20-12-9(14)3-7(17)4-10(12)15/h3-6H,17H2,1-2H3/i1D3,5D. The summed E-state index contributed by atoms with van der Waals surface area (Å²) in [6, 6.07) is 2.78. The van der Waals surface area contributed by atoms with Crippen LogP contribution in [0.15, 0.2) is 22.6 Å². The monoisotopic (exact) mass is 379 g/mol. The van der Waals surface area contributed by atoms with Gasteiger partial charge in [0.2, 0.25) is 5.88 Å². The Balaban J connectivity index is 2.51. The number of hydrogen-bond donors (Lipinski definition) is 1. The van der Waals surface area contributed by atoms with E-state index in [9.17, 15) is 0 Å². The van der Waals surface area contributed by atoms with Crippen LogP contribution < -0.4 is 10.5 Å². The summed E-state index contributed by atoms with van der Waals surface area (Å²) in [7, 11) is 0. The van der Waals surface area contributed by atoms with Gasteiger partial charge < -0.3 is 10.5 Å². The van der Waals surface area contributed by atoms with E-state index in [0.29, 0.717) is 10.2 Å². The minimum Gasteiger partial charge on any atom is -0.435 e. The van der Waals surface area contributed by atoms with E-state index in [1.165, 1.54) is 13.0 Å². The van der Waals surface area contributed by atoms with Crippen LogP contribution in [0.1, 0.15) is 30.7 Å². The summed E-state index contributed by atoms with van der Waals surface area (Å²) in [5.41, 5.74) is 6.12. The first-order valence-corrected chi connectivity index (χ1v) is 7.02. The minimum atomic E-state index is -2.35. The summed E-state index contributed by atoms with van der Waals surface area (Å²) in [4.78, 5) is 0. The number of hydrogen-bond acceptors (Lipinski definition) is 4. The van der Waals surface area contributed by atoms with Crippen molar-refractivity contribution in [2.75, 3.05) is 5.73 Å². The lowest BCUT2D eigenvalue weighted by atomic mass is 10.1. The Morgan fingerprint density at radius 3 is 2.85 bits per heavy atom. The predicted molar refractivity (Wildman–Crippen MR) is 84.8 cm³/mol. The molecule has 1 atom stereocenters. The molecule has 1 aromatic heterocycles. The lowest BCUT2D eigenvalue weighted by Gasteiger charge is -2.12. The molecule has 1 aromatic carbocycles. The highest BCUT2D eigenvalue weighted by Gasteiger charge is 2.14. The molecule has 20 heavy (non-hydrogen) atoms. The SMILES string of the molecule is [2H]c1c(Oc2c(Cl)cc(N)cc2Br)nnc(Cl)c1C(C)C([2H])([2H])[2H]. The fourth-order valence-corrected chi connectivity index (χ4v) is 2.63. The van der Waals surface area contributed by atoms with Crippen molar-refractivity contribution < 1.29 is 10.2 Å².